The van der Waals surface area contributed by atoms with E-state index in [2.05, 4.69) is 36.9 Å². The highest BCUT2D eigenvalue weighted by Gasteiger charge is 2.07. The van der Waals surface area contributed by atoms with Crippen LogP contribution in [0.4, 0.5) is 0 Å². The average Bonchev–Trinajstić information content (AvgIpc) is 2.78. The standard InChI is InChI=1S/C13H16BrN3O/c1-15-8-13-16-5-6-17(13)9-10-7-11(14)3-4-12(10)18-2/h3-7,15H,8-9H2,1-2H3. The lowest BCUT2D eigenvalue weighted by molar-refractivity contribution is 0.408. The zero-order chi connectivity index (χ0) is 13.0. The molecule has 0 unspecified atom stereocenters. The molecular formula is C13H16BrN3O. The van der Waals surface area contributed by atoms with Crippen LogP contribution in [0.25, 0.3) is 0 Å². The molecule has 0 aliphatic rings. The minimum absolute atomic E-state index is 0.750. The number of halogens is 1. The molecule has 0 atom stereocenters. The quantitative estimate of drug-likeness (QED) is 0.922. The summed E-state index contributed by atoms with van der Waals surface area (Å²) in [5.74, 6) is 1.90. The van der Waals surface area contributed by atoms with E-state index in [0.717, 1.165) is 34.7 Å². The Bertz CT molecular complexity index is 525. The van der Waals surface area contributed by atoms with Gasteiger partial charge in [-0.2, -0.15) is 0 Å². The summed E-state index contributed by atoms with van der Waals surface area (Å²) in [5.41, 5.74) is 1.13. The predicted molar refractivity (Wildman–Crippen MR) is 74.8 cm³/mol. The zero-order valence-corrected chi connectivity index (χ0v) is 12.1. The van der Waals surface area contributed by atoms with Gasteiger partial charge in [0.1, 0.15) is 11.6 Å². The lowest BCUT2D eigenvalue weighted by Crippen LogP contribution is -2.13. The number of methoxy groups -OCH3 is 1. The van der Waals surface area contributed by atoms with Crippen LogP contribution in [-0.4, -0.2) is 23.7 Å². The van der Waals surface area contributed by atoms with E-state index in [9.17, 15) is 0 Å². The van der Waals surface area contributed by atoms with Crippen LogP contribution in [0.3, 0.4) is 0 Å². The fraction of sp³-hybridized carbons (Fsp3) is 0.308. The lowest BCUT2D eigenvalue weighted by atomic mass is 10.2. The normalized spacial score (nSPS) is 10.6. The van der Waals surface area contributed by atoms with E-state index in [1.165, 1.54) is 0 Å². The first-order chi connectivity index (χ1) is 8.74. The third-order valence-corrected chi connectivity index (χ3v) is 3.21. The molecular weight excluding hydrogens is 294 g/mol. The Morgan fingerprint density at radius 2 is 2.28 bits per heavy atom. The number of nitrogens with zero attached hydrogens (tertiary/aromatic N) is 2. The van der Waals surface area contributed by atoms with Gasteiger partial charge < -0.3 is 14.6 Å². The summed E-state index contributed by atoms with van der Waals surface area (Å²) in [4.78, 5) is 4.33. The molecule has 2 aromatic rings. The van der Waals surface area contributed by atoms with E-state index >= 15 is 0 Å². The smallest absolute Gasteiger partial charge is 0.123 e. The number of benzene rings is 1. The van der Waals surface area contributed by atoms with E-state index in [0.29, 0.717) is 0 Å². The Morgan fingerprint density at radius 3 is 3.00 bits per heavy atom. The van der Waals surface area contributed by atoms with Gasteiger partial charge in [0.25, 0.3) is 0 Å². The Hall–Kier alpha value is -1.33. The van der Waals surface area contributed by atoms with E-state index < -0.39 is 0 Å². The van der Waals surface area contributed by atoms with E-state index in [1.54, 1.807) is 7.11 Å². The second-order valence-electron chi connectivity index (χ2n) is 3.96. The minimum Gasteiger partial charge on any atom is -0.496 e. The van der Waals surface area contributed by atoms with Crippen LogP contribution in [0, 0.1) is 0 Å². The molecule has 5 heteroatoms. The van der Waals surface area contributed by atoms with Gasteiger partial charge in [-0.15, -0.1) is 0 Å². The first-order valence-electron chi connectivity index (χ1n) is 5.71. The summed E-state index contributed by atoms with van der Waals surface area (Å²) in [6.07, 6.45) is 3.80. The van der Waals surface area contributed by atoms with Crippen molar-refractivity contribution in [2.24, 2.45) is 0 Å². The number of hydrogen-bond donors (Lipinski definition) is 1. The number of nitrogens with one attached hydrogen (secondary N) is 1. The van der Waals surface area contributed by atoms with Crippen LogP contribution >= 0.6 is 15.9 Å². The predicted octanol–water partition coefficient (Wildman–Crippen LogP) is 2.42. The monoisotopic (exact) mass is 309 g/mol. The summed E-state index contributed by atoms with van der Waals surface area (Å²) in [7, 11) is 3.61. The average molecular weight is 310 g/mol. The van der Waals surface area contributed by atoms with Gasteiger partial charge in [0.05, 0.1) is 20.2 Å². The first-order valence-corrected chi connectivity index (χ1v) is 6.51. The summed E-state index contributed by atoms with van der Waals surface area (Å²) in [6.45, 7) is 1.50. The first kappa shape index (κ1) is 13.1. The second kappa shape index (κ2) is 6.02. The summed E-state index contributed by atoms with van der Waals surface area (Å²) in [6, 6.07) is 6.01. The van der Waals surface area contributed by atoms with Crippen molar-refractivity contribution in [2.75, 3.05) is 14.2 Å². The summed E-state index contributed by atoms with van der Waals surface area (Å²) < 4.78 is 8.54. The molecule has 0 saturated carbocycles. The molecule has 0 amide bonds. The number of hydrogen-bond acceptors (Lipinski definition) is 3. The summed E-state index contributed by atoms with van der Waals surface area (Å²) in [5, 5.41) is 3.11. The molecule has 0 bridgehead atoms. The van der Waals surface area contributed by atoms with E-state index in [1.807, 2.05) is 31.6 Å². The van der Waals surface area contributed by atoms with Crippen molar-refractivity contribution in [3.05, 3.63) is 46.5 Å². The Kier molecular flexibility index (Phi) is 4.38. The summed E-state index contributed by atoms with van der Waals surface area (Å²) >= 11 is 3.49. The molecule has 0 radical (unpaired) electrons. The third kappa shape index (κ3) is 2.91. The van der Waals surface area contributed by atoms with Crippen molar-refractivity contribution in [3.8, 4) is 5.75 Å². The molecule has 0 spiro atoms. The highest BCUT2D eigenvalue weighted by atomic mass is 79.9. The largest absolute Gasteiger partial charge is 0.496 e. The SMILES string of the molecule is CNCc1nccn1Cc1cc(Br)ccc1OC. The van der Waals surface area contributed by atoms with Gasteiger partial charge in [0, 0.05) is 22.4 Å². The molecule has 1 aromatic carbocycles. The number of ether oxygens (including phenoxy) is 1. The maximum absolute atomic E-state index is 5.38. The van der Waals surface area contributed by atoms with Gasteiger partial charge in [-0.3, -0.25) is 0 Å². The number of rotatable bonds is 5. The fourth-order valence-electron chi connectivity index (χ4n) is 1.86. The van der Waals surface area contributed by atoms with Gasteiger partial charge in [0.15, 0.2) is 0 Å². The van der Waals surface area contributed by atoms with Crippen LogP contribution in [0.2, 0.25) is 0 Å². The maximum atomic E-state index is 5.38. The number of aromatic nitrogens is 2. The topological polar surface area (TPSA) is 39.1 Å². The molecule has 2 rings (SSSR count). The maximum Gasteiger partial charge on any atom is 0.123 e. The van der Waals surface area contributed by atoms with Crippen molar-refractivity contribution < 1.29 is 4.74 Å². The molecule has 0 aliphatic carbocycles. The van der Waals surface area contributed by atoms with Crippen molar-refractivity contribution in [2.45, 2.75) is 13.1 Å². The van der Waals surface area contributed by atoms with Crippen LogP contribution in [0.5, 0.6) is 5.75 Å². The number of imidazole rings is 1. The lowest BCUT2D eigenvalue weighted by Gasteiger charge is -2.12. The molecule has 1 N–H and O–H groups in total. The molecule has 96 valence electrons. The molecule has 0 saturated heterocycles. The highest BCUT2D eigenvalue weighted by molar-refractivity contribution is 9.10. The van der Waals surface area contributed by atoms with Crippen LogP contribution in [-0.2, 0) is 13.1 Å². The molecule has 1 aromatic heterocycles. The van der Waals surface area contributed by atoms with Crippen LogP contribution in [0.1, 0.15) is 11.4 Å². The third-order valence-electron chi connectivity index (χ3n) is 2.72. The van der Waals surface area contributed by atoms with Gasteiger partial charge in [0.2, 0.25) is 0 Å². The van der Waals surface area contributed by atoms with Crippen molar-refractivity contribution >= 4 is 15.9 Å². The van der Waals surface area contributed by atoms with E-state index in [4.69, 9.17) is 4.74 Å². The molecule has 0 aliphatic heterocycles. The van der Waals surface area contributed by atoms with Gasteiger partial charge in [-0.25, -0.2) is 4.98 Å². The second-order valence-corrected chi connectivity index (χ2v) is 4.87. The molecule has 0 fully saturated rings. The minimum atomic E-state index is 0.750. The van der Waals surface area contributed by atoms with Gasteiger partial charge in [-0.05, 0) is 25.2 Å². The molecule has 4 nitrogen and oxygen atoms in total. The Morgan fingerprint density at radius 1 is 1.44 bits per heavy atom. The zero-order valence-electron chi connectivity index (χ0n) is 10.5. The van der Waals surface area contributed by atoms with E-state index in [-0.39, 0.29) is 0 Å². The molecule has 18 heavy (non-hydrogen) atoms. The Balaban J connectivity index is 2.27. The van der Waals surface area contributed by atoms with Crippen molar-refractivity contribution in [1.29, 1.82) is 0 Å². The van der Waals surface area contributed by atoms with Crippen LogP contribution in [0.15, 0.2) is 35.1 Å². The van der Waals surface area contributed by atoms with Gasteiger partial charge >= 0.3 is 0 Å². The highest BCUT2D eigenvalue weighted by Crippen LogP contribution is 2.24. The van der Waals surface area contributed by atoms with Gasteiger partial charge in [-0.1, -0.05) is 15.9 Å². The Labute approximate surface area is 115 Å². The van der Waals surface area contributed by atoms with Crippen LogP contribution < -0.4 is 10.1 Å². The fourth-order valence-corrected chi connectivity index (χ4v) is 2.27. The van der Waals surface area contributed by atoms with Crippen molar-refractivity contribution in [1.82, 2.24) is 14.9 Å². The van der Waals surface area contributed by atoms with Crippen molar-refractivity contribution in [3.63, 3.8) is 0 Å². The molecule has 1 heterocycles.